The molecule has 0 bridgehead atoms. The number of rotatable bonds is 8. The molecule has 1 fully saturated rings. The molecule has 1 aliphatic heterocycles. The van der Waals surface area contributed by atoms with E-state index < -0.39 is 0 Å². The van der Waals surface area contributed by atoms with Gasteiger partial charge in [0, 0.05) is 29.4 Å². The third-order valence-corrected chi connectivity index (χ3v) is 6.70. The van der Waals surface area contributed by atoms with Crippen molar-refractivity contribution in [1.29, 1.82) is 0 Å². The molecule has 2 aromatic heterocycles. The Morgan fingerprint density at radius 2 is 2.03 bits per heavy atom. The second kappa shape index (κ2) is 11.8. The smallest absolute Gasteiger partial charge is 0.192 e. The summed E-state index contributed by atoms with van der Waals surface area (Å²) in [6, 6.07) is 5.00. The van der Waals surface area contributed by atoms with Crippen LogP contribution in [0.5, 0.6) is 0 Å². The summed E-state index contributed by atoms with van der Waals surface area (Å²) in [4.78, 5) is 10.1. The first-order valence-corrected chi connectivity index (χ1v) is 11.1. The Morgan fingerprint density at radius 3 is 2.69 bits per heavy atom. The first kappa shape index (κ1) is 24.1. The normalized spacial score (nSPS) is 17.4. The topological polar surface area (TPSA) is 70.4 Å². The standard InChI is InChI=1S/C20H33N7S.HI/c1-5-17-9-10-18(28-17)13-22-20(21-12-16-8-7-11-27(16)6-2)23-14-19-25-24-15(3)26(19)4;/h9-10,16H,5-8,11-14H2,1-4H3,(H2,21,22,23);1H. The maximum Gasteiger partial charge on any atom is 0.192 e. The third kappa shape index (κ3) is 6.65. The minimum absolute atomic E-state index is 0. The van der Waals surface area contributed by atoms with Crippen LogP contribution in [0.4, 0.5) is 0 Å². The van der Waals surface area contributed by atoms with Gasteiger partial charge in [0.05, 0.1) is 6.54 Å². The molecule has 0 saturated carbocycles. The molecule has 162 valence electrons. The Labute approximate surface area is 195 Å². The van der Waals surface area contributed by atoms with Gasteiger partial charge in [-0.25, -0.2) is 4.99 Å². The summed E-state index contributed by atoms with van der Waals surface area (Å²) in [7, 11) is 1.98. The lowest BCUT2D eigenvalue weighted by atomic mass is 10.2. The number of thiophene rings is 1. The molecule has 0 spiro atoms. The second-order valence-corrected chi connectivity index (χ2v) is 8.52. The number of likely N-dealkylation sites (N-methyl/N-ethyl adjacent to an activating group) is 1. The number of aromatic nitrogens is 3. The van der Waals surface area contributed by atoms with Crippen molar-refractivity contribution in [3.63, 3.8) is 0 Å². The fourth-order valence-corrected chi connectivity index (χ4v) is 4.45. The second-order valence-electron chi connectivity index (χ2n) is 7.27. The molecule has 0 aromatic carbocycles. The summed E-state index contributed by atoms with van der Waals surface area (Å²) in [5.41, 5.74) is 0. The molecule has 7 nitrogen and oxygen atoms in total. The number of nitrogens with one attached hydrogen (secondary N) is 2. The molecule has 29 heavy (non-hydrogen) atoms. The van der Waals surface area contributed by atoms with Crippen molar-refractivity contribution < 1.29 is 0 Å². The van der Waals surface area contributed by atoms with Crippen LogP contribution < -0.4 is 10.6 Å². The summed E-state index contributed by atoms with van der Waals surface area (Å²) in [5, 5.41) is 15.4. The van der Waals surface area contributed by atoms with Crippen molar-refractivity contribution in [3.05, 3.63) is 33.5 Å². The van der Waals surface area contributed by atoms with Crippen LogP contribution in [0.2, 0.25) is 0 Å². The van der Waals surface area contributed by atoms with Gasteiger partial charge in [0.2, 0.25) is 0 Å². The molecule has 0 aliphatic carbocycles. The quantitative estimate of drug-likeness (QED) is 0.311. The van der Waals surface area contributed by atoms with E-state index in [9.17, 15) is 0 Å². The minimum atomic E-state index is 0. The Balaban J connectivity index is 0.00000300. The van der Waals surface area contributed by atoms with Gasteiger partial charge in [0.15, 0.2) is 11.8 Å². The minimum Gasteiger partial charge on any atom is -0.355 e. The van der Waals surface area contributed by atoms with Gasteiger partial charge in [-0.05, 0) is 51.4 Å². The van der Waals surface area contributed by atoms with Crippen LogP contribution in [0.15, 0.2) is 17.1 Å². The van der Waals surface area contributed by atoms with E-state index in [4.69, 9.17) is 4.99 Å². The van der Waals surface area contributed by atoms with E-state index in [1.54, 1.807) is 0 Å². The number of halogens is 1. The first-order chi connectivity index (χ1) is 13.6. The zero-order chi connectivity index (χ0) is 19.9. The molecule has 0 amide bonds. The van der Waals surface area contributed by atoms with Crippen LogP contribution in [-0.2, 0) is 26.6 Å². The van der Waals surface area contributed by atoms with Gasteiger partial charge >= 0.3 is 0 Å². The van der Waals surface area contributed by atoms with Crippen molar-refractivity contribution in [2.75, 3.05) is 19.6 Å². The summed E-state index contributed by atoms with van der Waals surface area (Å²) in [5.74, 6) is 2.62. The molecule has 9 heteroatoms. The maximum absolute atomic E-state index is 4.78. The van der Waals surface area contributed by atoms with Crippen molar-refractivity contribution in [2.24, 2.45) is 12.0 Å². The van der Waals surface area contributed by atoms with Gasteiger partial charge in [-0.1, -0.05) is 13.8 Å². The van der Waals surface area contributed by atoms with E-state index in [1.165, 1.54) is 29.1 Å². The average molecular weight is 532 g/mol. The van der Waals surface area contributed by atoms with Crippen LogP contribution in [-0.4, -0.2) is 51.3 Å². The molecule has 1 saturated heterocycles. The highest BCUT2D eigenvalue weighted by atomic mass is 127. The van der Waals surface area contributed by atoms with E-state index in [2.05, 4.69) is 51.7 Å². The Hall–Kier alpha value is -1.20. The highest BCUT2D eigenvalue weighted by Crippen LogP contribution is 2.17. The fourth-order valence-electron chi connectivity index (χ4n) is 3.55. The third-order valence-electron chi connectivity index (χ3n) is 5.47. The van der Waals surface area contributed by atoms with Gasteiger partial charge in [0.25, 0.3) is 0 Å². The van der Waals surface area contributed by atoms with Crippen LogP contribution in [0.1, 0.15) is 48.1 Å². The van der Waals surface area contributed by atoms with Gasteiger partial charge < -0.3 is 15.2 Å². The predicted molar refractivity (Wildman–Crippen MR) is 131 cm³/mol. The van der Waals surface area contributed by atoms with Crippen molar-refractivity contribution in [1.82, 2.24) is 30.3 Å². The fraction of sp³-hybridized carbons (Fsp3) is 0.650. The van der Waals surface area contributed by atoms with Crippen LogP contribution >= 0.6 is 35.3 Å². The molecular formula is C20H34IN7S. The maximum atomic E-state index is 4.78. The largest absolute Gasteiger partial charge is 0.355 e. The molecule has 1 aliphatic rings. The van der Waals surface area contributed by atoms with E-state index in [0.717, 1.165) is 43.7 Å². The Kier molecular flexibility index (Phi) is 9.84. The molecule has 2 aromatic rings. The molecule has 3 heterocycles. The molecule has 0 radical (unpaired) electrons. The lowest BCUT2D eigenvalue weighted by molar-refractivity contribution is 0.267. The Bertz CT molecular complexity index is 786. The predicted octanol–water partition coefficient (Wildman–Crippen LogP) is 3.09. The van der Waals surface area contributed by atoms with Gasteiger partial charge in [-0.3, -0.25) is 4.90 Å². The van der Waals surface area contributed by atoms with Gasteiger partial charge in [0.1, 0.15) is 12.4 Å². The number of hydrogen-bond acceptors (Lipinski definition) is 5. The lowest BCUT2D eigenvalue weighted by Crippen LogP contribution is -2.44. The number of nitrogens with zero attached hydrogens (tertiary/aromatic N) is 5. The zero-order valence-corrected chi connectivity index (χ0v) is 21.1. The highest BCUT2D eigenvalue weighted by molar-refractivity contribution is 14.0. The van der Waals surface area contributed by atoms with Crippen molar-refractivity contribution >= 4 is 41.3 Å². The number of aryl methyl sites for hydroxylation is 2. The SMILES string of the molecule is CCc1ccc(CNC(=NCc2nnc(C)n2C)NCC2CCCN2CC)s1.I. The lowest BCUT2D eigenvalue weighted by Gasteiger charge is -2.24. The van der Waals surface area contributed by atoms with E-state index in [0.29, 0.717) is 12.6 Å². The Morgan fingerprint density at radius 1 is 1.24 bits per heavy atom. The molecule has 2 N–H and O–H groups in total. The number of likely N-dealkylation sites (tertiary alicyclic amines) is 1. The van der Waals surface area contributed by atoms with Crippen LogP contribution in [0, 0.1) is 6.92 Å². The molecule has 3 rings (SSSR count). The summed E-state index contributed by atoms with van der Waals surface area (Å²) < 4.78 is 1.99. The van der Waals surface area contributed by atoms with Gasteiger partial charge in [-0.2, -0.15) is 0 Å². The monoisotopic (exact) mass is 531 g/mol. The highest BCUT2D eigenvalue weighted by Gasteiger charge is 2.22. The average Bonchev–Trinajstić information content (AvgIpc) is 3.43. The van der Waals surface area contributed by atoms with Crippen LogP contribution in [0.25, 0.3) is 0 Å². The number of guanidine groups is 1. The van der Waals surface area contributed by atoms with Gasteiger partial charge in [-0.15, -0.1) is 45.5 Å². The van der Waals surface area contributed by atoms with Crippen molar-refractivity contribution in [2.45, 2.75) is 59.2 Å². The number of aliphatic imine (C=N–C) groups is 1. The van der Waals surface area contributed by atoms with Crippen LogP contribution in [0.3, 0.4) is 0 Å². The molecule has 1 atom stereocenters. The van der Waals surface area contributed by atoms with E-state index >= 15 is 0 Å². The van der Waals surface area contributed by atoms with Crippen molar-refractivity contribution in [3.8, 4) is 0 Å². The number of hydrogen-bond donors (Lipinski definition) is 2. The first-order valence-electron chi connectivity index (χ1n) is 10.3. The molecule has 1 unspecified atom stereocenters. The summed E-state index contributed by atoms with van der Waals surface area (Å²) in [6.45, 7) is 10.9. The van der Waals surface area contributed by atoms with E-state index in [-0.39, 0.29) is 24.0 Å². The van der Waals surface area contributed by atoms with E-state index in [1.807, 2.05) is 29.9 Å². The summed E-state index contributed by atoms with van der Waals surface area (Å²) in [6.07, 6.45) is 3.62. The molecular weight excluding hydrogens is 497 g/mol. The summed E-state index contributed by atoms with van der Waals surface area (Å²) >= 11 is 1.86. The zero-order valence-electron chi connectivity index (χ0n) is 17.9.